The SMILES string of the molecule is CC(=O)C1=C2NCCN2CNN1. The maximum atomic E-state index is 11.1. The molecule has 0 saturated carbocycles. The molecule has 0 amide bonds. The number of carbonyl (C=O) groups excluding carboxylic acids is 1. The van der Waals surface area contributed by atoms with E-state index in [4.69, 9.17) is 0 Å². The molecular formula is C7H12N4O. The summed E-state index contributed by atoms with van der Waals surface area (Å²) in [7, 11) is 0. The summed E-state index contributed by atoms with van der Waals surface area (Å²) in [5, 5.41) is 3.17. The molecule has 0 atom stereocenters. The van der Waals surface area contributed by atoms with E-state index in [0.29, 0.717) is 5.70 Å². The Morgan fingerprint density at radius 3 is 3.17 bits per heavy atom. The summed E-state index contributed by atoms with van der Waals surface area (Å²) < 4.78 is 0. The van der Waals surface area contributed by atoms with E-state index < -0.39 is 0 Å². The summed E-state index contributed by atoms with van der Waals surface area (Å²) in [6.07, 6.45) is 0. The van der Waals surface area contributed by atoms with Crippen molar-refractivity contribution >= 4 is 5.78 Å². The average Bonchev–Trinajstić information content (AvgIpc) is 2.49. The highest BCUT2D eigenvalue weighted by atomic mass is 16.1. The van der Waals surface area contributed by atoms with Crippen molar-refractivity contribution in [3.63, 3.8) is 0 Å². The lowest BCUT2D eigenvalue weighted by molar-refractivity contribution is -0.114. The number of carbonyl (C=O) groups is 1. The number of hydrogen-bond acceptors (Lipinski definition) is 5. The van der Waals surface area contributed by atoms with Gasteiger partial charge in [0, 0.05) is 20.0 Å². The largest absolute Gasteiger partial charge is 0.368 e. The van der Waals surface area contributed by atoms with E-state index in [9.17, 15) is 4.79 Å². The van der Waals surface area contributed by atoms with Crippen molar-refractivity contribution < 1.29 is 4.79 Å². The van der Waals surface area contributed by atoms with Crippen LogP contribution in [0, 0.1) is 0 Å². The van der Waals surface area contributed by atoms with Crippen LogP contribution in [0.1, 0.15) is 6.92 Å². The van der Waals surface area contributed by atoms with Crippen molar-refractivity contribution in [2.45, 2.75) is 6.92 Å². The fourth-order valence-corrected chi connectivity index (χ4v) is 1.47. The highest BCUT2D eigenvalue weighted by Gasteiger charge is 2.25. The second kappa shape index (κ2) is 2.67. The minimum absolute atomic E-state index is 0.0524. The van der Waals surface area contributed by atoms with Gasteiger partial charge in [0.25, 0.3) is 0 Å². The van der Waals surface area contributed by atoms with Crippen LogP contribution in [-0.4, -0.2) is 30.4 Å². The van der Waals surface area contributed by atoms with E-state index >= 15 is 0 Å². The molecule has 1 saturated heterocycles. The molecule has 3 N–H and O–H groups in total. The fraction of sp³-hybridized carbons (Fsp3) is 0.571. The van der Waals surface area contributed by atoms with Crippen LogP contribution < -0.4 is 16.2 Å². The van der Waals surface area contributed by atoms with Gasteiger partial charge in [-0.2, -0.15) is 0 Å². The summed E-state index contributed by atoms with van der Waals surface area (Å²) in [6.45, 7) is 4.18. The van der Waals surface area contributed by atoms with Crippen LogP contribution in [0.4, 0.5) is 0 Å². The van der Waals surface area contributed by atoms with Gasteiger partial charge in [0.15, 0.2) is 5.78 Å². The molecule has 5 nitrogen and oxygen atoms in total. The molecule has 12 heavy (non-hydrogen) atoms. The number of nitrogens with zero attached hydrogens (tertiary/aromatic N) is 1. The number of nitrogens with one attached hydrogen (secondary N) is 3. The van der Waals surface area contributed by atoms with Gasteiger partial charge in [0.1, 0.15) is 11.5 Å². The number of fused-ring (bicyclic) bond motifs is 1. The third-order valence-electron chi connectivity index (χ3n) is 2.06. The van der Waals surface area contributed by atoms with Gasteiger partial charge < -0.3 is 15.6 Å². The molecule has 2 aliphatic heterocycles. The van der Waals surface area contributed by atoms with Crippen LogP contribution in [0.2, 0.25) is 0 Å². The number of rotatable bonds is 1. The average molecular weight is 168 g/mol. The molecule has 1 fully saturated rings. The summed E-state index contributed by atoms with van der Waals surface area (Å²) in [4.78, 5) is 13.2. The molecular weight excluding hydrogens is 156 g/mol. The topological polar surface area (TPSA) is 56.4 Å². The van der Waals surface area contributed by atoms with Crippen LogP contribution in [-0.2, 0) is 4.79 Å². The Morgan fingerprint density at radius 1 is 1.58 bits per heavy atom. The molecule has 0 aromatic rings. The van der Waals surface area contributed by atoms with E-state index in [-0.39, 0.29) is 5.78 Å². The molecule has 2 aliphatic rings. The highest BCUT2D eigenvalue weighted by molar-refractivity contribution is 5.93. The molecule has 2 heterocycles. The Kier molecular flexibility index (Phi) is 1.65. The smallest absolute Gasteiger partial charge is 0.180 e. The van der Waals surface area contributed by atoms with Crippen LogP contribution in [0.3, 0.4) is 0 Å². The van der Waals surface area contributed by atoms with E-state index in [1.165, 1.54) is 0 Å². The van der Waals surface area contributed by atoms with Crippen molar-refractivity contribution in [1.29, 1.82) is 0 Å². The van der Waals surface area contributed by atoms with Gasteiger partial charge in [0.2, 0.25) is 0 Å². The van der Waals surface area contributed by atoms with Crippen molar-refractivity contribution in [2.75, 3.05) is 19.8 Å². The highest BCUT2D eigenvalue weighted by Crippen LogP contribution is 2.12. The zero-order valence-electron chi connectivity index (χ0n) is 6.98. The summed E-state index contributed by atoms with van der Waals surface area (Å²) >= 11 is 0. The van der Waals surface area contributed by atoms with Crippen LogP contribution >= 0.6 is 0 Å². The monoisotopic (exact) mass is 168 g/mol. The molecule has 0 aromatic carbocycles. The number of hydrogen-bond donors (Lipinski definition) is 3. The molecule has 0 spiro atoms. The minimum atomic E-state index is 0.0524. The molecule has 0 aromatic heterocycles. The first-order chi connectivity index (χ1) is 5.79. The molecule has 0 bridgehead atoms. The van der Waals surface area contributed by atoms with E-state index in [1.54, 1.807) is 6.92 Å². The fourth-order valence-electron chi connectivity index (χ4n) is 1.47. The van der Waals surface area contributed by atoms with Crippen molar-refractivity contribution in [3.05, 3.63) is 11.5 Å². The summed E-state index contributed by atoms with van der Waals surface area (Å²) in [6, 6.07) is 0. The zero-order valence-corrected chi connectivity index (χ0v) is 6.98. The van der Waals surface area contributed by atoms with Gasteiger partial charge >= 0.3 is 0 Å². The Hall–Kier alpha value is -1.23. The number of allylic oxidation sites excluding steroid dienone is 1. The zero-order chi connectivity index (χ0) is 8.55. The normalized spacial score (nSPS) is 21.6. The van der Waals surface area contributed by atoms with Gasteiger partial charge in [-0.1, -0.05) is 0 Å². The van der Waals surface area contributed by atoms with Crippen LogP contribution in [0.25, 0.3) is 0 Å². The molecule has 0 aliphatic carbocycles. The maximum Gasteiger partial charge on any atom is 0.180 e. The lowest BCUT2D eigenvalue weighted by atomic mass is 10.3. The Morgan fingerprint density at radius 2 is 2.42 bits per heavy atom. The molecule has 5 heteroatoms. The predicted molar refractivity (Wildman–Crippen MR) is 43.6 cm³/mol. The first kappa shape index (κ1) is 7.42. The van der Waals surface area contributed by atoms with Gasteiger partial charge in [-0.05, 0) is 0 Å². The summed E-state index contributed by atoms with van der Waals surface area (Å²) in [5.41, 5.74) is 6.45. The molecule has 66 valence electrons. The Balaban J connectivity index is 2.32. The van der Waals surface area contributed by atoms with E-state index in [2.05, 4.69) is 21.1 Å². The van der Waals surface area contributed by atoms with Gasteiger partial charge in [-0.15, -0.1) is 0 Å². The molecule has 0 radical (unpaired) electrons. The minimum Gasteiger partial charge on any atom is -0.368 e. The first-order valence-electron chi connectivity index (χ1n) is 4.02. The standard InChI is InChI=1S/C7H12N4O/c1-5(12)6-7-8-2-3-11(7)4-9-10-6/h8-10H,2-4H2,1H3. The first-order valence-corrected chi connectivity index (χ1v) is 4.02. The van der Waals surface area contributed by atoms with E-state index in [1.807, 2.05) is 0 Å². The van der Waals surface area contributed by atoms with Crippen LogP contribution in [0.15, 0.2) is 11.5 Å². The van der Waals surface area contributed by atoms with Crippen LogP contribution in [0.5, 0.6) is 0 Å². The predicted octanol–water partition coefficient (Wildman–Crippen LogP) is -1.28. The third-order valence-corrected chi connectivity index (χ3v) is 2.06. The van der Waals surface area contributed by atoms with Crippen molar-refractivity contribution in [3.8, 4) is 0 Å². The van der Waals surface area contributed by atoms with Gasteiger partial charge in [0.05, 0.1) is 6.67 Å². The number of hydrazine groups is 1. The van der Waals surface area contributed by atoms with Gasteiger partial charge in [-0.25, -0.2) is 5.43 Å². The summed E-state index contributed by atoms with van der Waals surface area (Å²) in [5.74, 6) is 0.984. The second-order valence-electron chi connectivity index (χ2n) is 2.93. The van der Waals surface area contributed by atoms with Gasteiger partial charge in [-0.3, -0.25) is 4.79 Å². The lowest BCUT2D eigenvalue weighted by Gasteiger charge is -2.27. The molecule has 0 unspecified atom stereocenters. The number of ketones is 1. The second-order valence-corrected chi connectivity index (χ2v) is 2.93. The van der Waals surface area contributed by atoms with E-state index in [0.717, 1.165) is 25.6 Å². The number of Topliss-reactive ketones (excluding diaryl/α,β-unsaturated/α-hetero) is 1. The third kappa shape index (κ3) is 1.02. The molecule has 2 rings (SSSR count). The Labute approximate surface area is 70.8 Å². The Bertz CT molecular complexity index is 248. The maximum absolute atomic E-state index is 11.1. The van der Waals surface area contributed by atoms with Crippen molar-refractivity contribution in [2.24, 2.45) is 0 Å². The quantitative estimate of drug-likeness (QED) is 0.455. The van der Waals surface area contributed by atoms with Crippen molar-refractivity contribution in [1.82, 2.24) is 21.1 Å². The lowest BCUT2D eigenvalue weighted by Crippen LogP contribution is -2.48.